The monoisotopic (exact) mass is 272 g/mol. The smallest absolute Gasteiger partial charge is 0.201 e. The van der Waals surface area contributed by atoms with Crippen molar-refractivity contribution in [3.63, 3.8) is 0 Å². The van der Waals surface area contributed by atoms with E-state index in [0.29, 0.717) is 18.2 Å². The topological polar surface area (TPSA) is 17.1 Å². The molecule has 6 heteroatoms. The standard InChI is InChI=1S/C13H5F5O/c14-6-1-2-8(9(16)3-6)13(19)12-10(17)4-7(15)5-11(12)18/h1-5H. The predicted molar refractivity (Wildman–Crippen MR) is 56.1 cm³/mol. The lowest BCUT2D eigenvalue weighted by Crippen LogP contribution is -2.10. The lowest BCUT2D eigenvalue weighted by molar-refractivity contribution is 0.102. The Morgan fingerprint density at radius 2 is 1.26 bits per heavy atom. The summed E-state index contributed by atoms with van der Waals surface area (Å²) in [6.45, 7) is 0. The molecule has 0 aliphatic heterocycles. The molecule has 0 bridgehead atoms. The second kappa shape index (κ2) is 4.79. The van der Waals surface area contributed by atoms with Crippen LogP contribution in [0.25, 0.3) is 0 Å². The van der Waals surface area contributed by atoms with Gasteiger partial charge in [0.15, 0.2) is 0 Å². The van der Waals surface area contributed by atoms with Crippen molar-refractivity contribution in [3.05, 3.63) is 70.5 Å². The minimum absolute atomic E-state index is 0.303. The molecule has 1 nitrogen and oxygen atoms in total. The van der Waals surface area contributed by atoms with E-state index in [1.165, 1.54) is 0 Å². The lowest BCUT2D eigenvalue weighted by Gasteiger charge is -2.05. The highest BCUT2D eigenvalue weighted by atomic mass is 19.2. The Morgan fingerprint density at radius 3 is 1.79 bits per heavy atom. The van der Waals surface area contributed by atoms with Crippen molar-refractivity contribution in [2.24, 2.45) is 0 Å². The molecule has 0 radical (unpaired) electrons. The highest BCUT2D eigenvalue weighted by Crippen LogP contribution is 2.20. The normalized spacial score (nSPS) is 10.6. The largest absolute Gasteiger partial charge is 0.288 e. The van der Waals surface area contributed by atoms with E-state index in [9.17, 15) is 26.7 Å². The molecule has 0 atom stereocenters. The van der Waals surface area contributed by atoms with E-state index in [2.05, 4.69) is 0 Å². The van der Waals surface area contributed by atoms with Crippen molar-refractivity contribution in [2.45, 2.75) is 0 Å². The van der Waals surface area contributed by atoms with E-state index < -0.39 is 46.0 Å². The van der Waals surface area contributed by atoms with Gasteiger partial charge in [-0.05, 0) is 12.1 Å². The molecule has 19 heavy (non-hydrogen) atoms. The first-order chi connectivity index (χ1) is 8.90. The summed E-state index contributed by atoms with van der Waals surface area (Å²) in [6, 6.07) is 2.55. The van der Waals surface area contributed by atoms with E-state index in [4.69, 9.17) is 0 Å². The first kappa shape index (κ1) is 13.2. The Labute approximate surface area is 104 Å². The maximum Gasteiger partial charge on any atom is 0.201 e. The summed E-state index contributed by atoms with van der Waals surface area (Å²) >= 11 is 0. The van der Waals surface area contributed by atoms with Crippen LogP contribution in [0.2, 0.25) is 0 Å². The summed E-state index contributed by atoms with van der Waals surface area (Å²) in [5, 5.41) is 0. The van der Waals surface area contributed by atoms with Crippen LogP contribution in [0.4, 0.5) is 22.0 Å². The highest BCUT2D eigenvalue weighted by Gasteiger charge is 2.23. The minimum Gasteiger partial charge on any atom is -0.288 e. The van der Waals surface area contributed by atoms with E-state index in [1.54, 1.807) is 0 Å². The molecular formula is C13H5F5O. The third-order valence-corrected chi connectivity index (χ3v) is 2.41. The summed E-state index contributed by atoms with van der Waals surface area (Å²) in [6.07, 6.45) is 0. The predicted octanol–water partition coefficient (Wildman–Crippen LogP) is 3.61. The Bertz CT molecular complexity index is 643. The van der Waals surface area contributed by atoms with Crippen molar-refractivity contribution in [3.8, 4) is 0 Å². The number of carbonyl (C=O) groups is 1. The Hall–Kier alpha value is -2.24. The van der Waals surface area contributed by atoms with Gasteiger partial charge < -0.3 is 0 Å². The molecule has 0 N–H and O–H groups in total. The van der Waals surface area contributed by atoms with Crippen LogP contribution in [0.3, 0.4) is 0 Å². The average molecular weight is 272 g/mol. The molecule has 0 heterocycles. The van der Waals surface area contributed by atoms with Gasteiger partial charge in [-0.3, -0.25) is 4.79 Å². The lowest BCUT2D eigenvalue weighted by atomic mass is 10.0. The molecule has 0 saturated heterocycles. The fourth-order valence-corrected chi connectivity index (χ4v) is 1.57. The van der Waals surface area contributed by atoms with Gasteiger partial charge >= 0.3 is 0 Å². The maximum atomic E-state index is 13.4. The molecule has 0 spiro atoms. The van der Waals surface area contributed by atoms with Gasteiger partial charge in [0.25, 0.3) is 0 Å². The van der Waals surface area contributed by atoms with Crippen molar-refractivity contribution in [1.82, 2.24) is 0 Å². The van der Waals surface area contributed by atoms with Crippen molar-refractivity contribution in [2.75, 3.05) is 0 Å². The molecule has 2 rings (SSSR count). The zero-order valence-electron chi connectivity index (χ0n) is 9.18. The van der Waals surface area contributed by atoms with Crippen LogP contribution in [0.5, 0.6) is 0 Å². The molecule has 2 aromatic carbocycles. The fraction of sp³-hybridized carbons (Fsp3) is 0. The van der Waals surface area contributed by atoms with Crippen LogP contribution in [-0.4, -0.2) is 5.78 Å². The van der Waals surface area contributed by atoms with Crippen LogP contribution in [0, 0.1) is 29.1 Å². The van der Waals surface area contributed by atoms with Gasteiger partial charge in [0, 0.05) is 18.2 Å². The Morgan fingerprint density at radius 1 is 0.737 bits per heavy atom. The highest BCUT2D eigenvalue weighted by molar-refractivity contribution is 6.09. The first-order valence-corrected chi connectivity index (χ1v) is 5.04. The summed E-state index contributed by atoms with van der Waals surface area (Å²) in [7, 11) is 0. The number of rotatable bonds is 2. The number of carbonyl (C=O) groups excluding carboxylic acids is 1. The van der Waals surface area contributed by atoms with Crippen molar-refractivity contribution >= 4 is 5.78 Å². The zero-order valence-corrected chi connectivity index (χ0v) is 9.18. The van der Waals surface area contributed by atoms with Crippen molar-refractivity contribution in [1.29, 1.82) is 0 Å². The third kappa shape index (κ3) is 2.47. The van der Waals surface area contributed by atoms with Crippen LogP contribution in [0.1, 0.15) is 15.9 Å². The third-order valence-electron chi connectivity index (χ3n) is 2.41. The number of halogens is 5. The van der Waals surface area contributed by atoms with Gasteiger partial charge in [-0.1, -0.05) is 0 Å². The van der Waals surface area contributed by atoms with Gasteiger partial charge in [0.05, 0.1) is 11.1 Å². The van der Waals surface area contributed by atoms with Crippen LogP contribution < -0.4 is 0 Å². The molecule has 98 valence electrons. The van der Waals surface area contributed by atoms with Gasteiger partial charge in [-0.2, -0.15) is 0 Å². The van der Waals surface area contributed by atoms with Crippen LogP contribution >= 0.6 is 0 Å². The molecule has 0 aliphatic carbocycles. The summed E-state index contributed by atoms with van der Waals surface area (Å²) < 4.78 is 65.4. The van der Waals surface area contributed by atoms with Gasteiger partial charge in [0.1, 0.15) is 29.1 Å². The SMILES string of the molecule is O=C(c1ccc(F)cc1F)c1c(F)cc(F)cc1F. The maximum absolute atomic E-state index is 13.4. The van der Waals surface area contributed by atoms with Crippen molar-refractivity contribution < 1.29 is 26.7 Å². The van der Waals surface area contributed by atoms with E-state index in [0.717, 1.165) is 12.1 Å². The molecule has 2 aromatic rings. The van der Waals surface area contributed by atoms with Gasteiger partial charge in [-0.15, -0.1) is 0 Å². The van der Waals surface area contributed by atoms with Crippen LogP contribution in [-0.2, 0) is 0 Å². The number of ketones is 1. The molecular weight excluding hydrogens is 267 g/mol. The summed E-state index contributed by atoms with van der Waals surface area (Å²) in [5.41, 5.74) is -1.79. The number of hydrogen-bond acceptors (Lipinski definition) is 1. The van der Waals surface area contributed by atoms with E-state index >= 15 is 0 Å². The second-order valence-electron chi connectivity index (χ2n) is 3.70. The zero-order chi connectivity index (χ0) is 14.2. The van der Waals surface area contributed by atoms with Crippen LogP contribution in [0.15, 0.2) is 30.3 Å². The fourth-order valence-electron chi connectivity index (χ4n) is 1.57. The minimum atomic E-state index is -1.45. The average Bonchev–Trinajstić information content (AvgIpc) is 2.26. The van der Waals surface area contributed by atoms with Gasteiger partial charge in [0.2, 0.25) is 5.78 Å². The van der Waals surface area contributed by atoms with Gasteiger partial charge in [-0.25, -0.2) is 22.0 Å². The van der Waals surface area contributed by atoms with E-state index in [1.807, 2.05) is 0 Å². The molecule has 0 amide bonds. The number of benzene rings is 2. The molecule has 0 saturated carbocycles. The Balaban J connectivity index is 2.56. The molecule has 0 aromatic heterocycles. The molecule has 0 aliphatic rings. The number of hydrogen-bond donors (Lipinski definition) is 0. The Kier molecular flexibility index (Phi) is 3.33. The summed E-state index contributed by atoms with van der Waals surface area (Å²) in [4.78, 5) is 11.8. The quantitative estimate of drug-likeness (QED) is 0.603. The first-order valence-electron chi connectivity index (χ1n) is 5.04. The summed E-state index contributed by atoms with van der Waals surface area (Å²) in [5.74, 6) is -7.63. The molecule has 0 unspecified atom stereocenters. The second-order valence-corrected chi connectivity index (χ2v) is 3.70. The molecule has 0 fully saturated rings. The van der Waals surface area contributed by atoms with E-state index in [-0.39, 0.29) is 0 Å².